The van der Waals surface area contributed by atoms with E-state index in [4.69, 9.17) is 5.73 Å². The molecular formula is C20H23F3N6O2. The molecule has 0 aromatic carbocycles. The Morgan fingerprint density at radius 2 is 1.94 bits per heavy atom. The van der Waals surface area contributed by atoms with E-state index in [1.807, 2.05) is 4.90 Å². The number of hydrogen-bond donors (Lipinski definition) is 2. The normalized spacial score (nSPS) is 22.5. The first-order valence-electron chi connectivity index (χ1n) is 10.1. The minimum atomic E-state index is -4.23. The number of nitrogens with one attached hydrogen (secondary N) is 1. The topological polar surface area (TPSA) is 108 Å². The quantitative estimate of drug-likeness (QED) is 0.714. The molecule has 4 rings (SSSR count). The molecule has 1 aliphatic carbocycles. The molecule has 8 nitrogen and oxygen atoms in total. The van der Waals surface area contributed by atoms with Gasteiger partial charge in [0.2, 0.25) is 11.8 Å². The monoisotopic (exact) mass is 436 g/mol. The molecule has 0 unspecified atom stereocenters. The van der Waals surface area contributed by atoms with Gasteiger partial charge in [0, 0.05) is 49.9 Å². The third-order valence-corrected chi connectivity index (χ3v) is 5.98. The summed E-state index contributed by atoms with van der Waals surface area (Å²) in [6.45, 7) is 1.87. The van der Waals surface area contributed by atoms with Crippen molar-refractivity contribution >= 4 is 34.9 Å². The van der Waals surface area contributed by atoms with E-state index in [1.54, 1.807) is 23.4 Å². The molecule has 2 amide bonds. The fourth-order valence-corrected chi connectivity index (χ4v) is 4.27. The molecular weight excluding hydrogens is 413 g/mol. The van der Waals surface area contributed by atoms with Crippen LogP contribution in [0.2, 0.25) is 0 Å². The van der Waals surface area contributed by atoms with Crippen LogP contribution in [-0.2, 0) is 9.59 Å². The van der Waals surface area contributed by atoms with Crippen LogP contribution in [0.1, 0.15) is 24.8 Å². The minimum Gasteiger partial charge on any atom is -0.366 e. The number of aromatic nitrogens is 3. The Morgan fingerprint density at radius 3 is 2.58 bits per heavy atom. The zero-order chi connectivity index (χ0) is 22.2. The SMILES string of the molecule is NC(=O)/C=C/c1c[nH]c2ncc(N3CCN(C(=O)[C@@H]4CC[C@@H](C(F)(F)F)C4)CC3)nc12. The second-order valence-corrected chi connectivity index (χ2v) is 7.97. The van der Waals surface area contributed by atoms with Crippen LogP contribution in [-0.4, -0.2) is 64.0 Å². The van der Waals surface area contributed by atoms with Gasteiger partial charge in [-0.1, -0.05) is 0 Å². The zero-order valence-corrected chi connectivity index (χ0v) is 16.7. The Bertz CT molecular complexity index is 1010. The number of H-pyrrole nitrogens is 1. The standard InChI is InChI=1S/C20H23F3N6O2/c21-20(22,23)14-3-1-12(9-14)19(31)29-7-5-28(6-8-29)16-11-26-18-17(27-16)13(10-25-18)2-4-15(24)30/h2,4,10-12,14H,1,3,5-9H2,(H2,24,30)(H,25,26)/b4-2+/t12-,14-/m1/s1. The maximum atomic E-state index is 12.9. The Labute approximate surface area is 176 Å². The van der Waals surface area contributed by atoms with Gasteiger partial charge in [0.15, 0.2) is 5.65 Å². The van der Waals surface area contributed by atoms with Crippen molar-refractivity contribution in [1.29, 1.82) is 0 Å². The number of fused-ring (bicyclic) bond motifs is 1. The zero-order valence-electron chi connectivity index (χ0n) is 16.7. The molecule has 0 radical (unpaired) electrons. The van der Waals surface area contributed by atoms with Crippen LogP contribution >= 0.6 is 0 Å². The van der Waals surface area contributed by atoms with E-state index in [0.29, 0.717) is 55.1 Å². The van der Waals surface area contributed by atoms with E-state index >= 15 is 0 Å². The lowest BCUT2D eigenvalue weighted by Gasteiger charge is -2.36. The molecule has 0 spiro atoms. The number of carbonyl (C=O) groups is 2. The summed E-state index contributed by atoms with van der Waals surface area (Å²) in [4.78, 5) is 39.3. The van der Waals surface area contributed by atoms with Crippen LogP contribution in [0.25, 0.3) is 17.2 Å². The highest BCUT2D eigenvalue weighted by Gasteiger charge is 2.46. The number of carbonyl (C=O) groups excluding carboxylic acids is 2. The van der Waals surface area contributed by atoms with Gasteiger partial charge < -0.3 is 20.5 Å². The molecule has 1 saturated heterocycles. The number of halogens is 3. The molecule has 2 aromatic rings. The van der Waals surface area contributed by atoms with Gasteiger partial charge in [0.05, 0.1) is 12.1 Å². The molecule has 1 aliphatic heterocycles. The van der Waals surface area contributed by atoms with Gasteiger partial charge in [0.25, 0.3) is 0 Å². The number of anilines is 1. The molecule has 11 heteroatoms. The fraction of sp³-hybridized carbons (Fsp3) is 0.500. The predicted molar refractivity (Wildman–Crippen MR) is 108 cm³/mol. The van der Waals surface area contributed by atoms with Gasteiger partial charge >= 0.3 is 6.18 Å². The molecule has 2 fully saturated rings. The summed E-state index contributed by atoms with van der Waals surface area (Å²) in [6, 6.07) is 0. The smallest absolute Gasteiger partial charge is 0.366 e. The Morgan fingerprint density at radius 1 is 1.19 bits per heavy atom. The third kappa shape index (κ3) is 4.49. The van der Waals surface area contributed by atoms with Crippen LogP contribution < -0.4 is 10.6 Å². The highest BCUT2D eigenvalue weighted by Crippen LogP contribution is 2.42. The summed E-state index contributed by atoms with van der Waals surface area (Å²) in [6.07, 6.45) is 2.09. The minimum absolute atomic E-state index is 0.0265. The van der Waals surface area contributed by atoms with Crippen LogP contribution in [0.3, 0.4) is 0 Å². The van der Waals surface area contributed by atoms with Crippen molar-refractivity contribution in [2.75, 3.05) is 31.1 Å². The third-order valence-electron chi connectivity index (χ3n) is 5.98. The summed E-state index contributed by atoms with van der Waals surface area (Å²) in [5.41, 5.74) is 6.99. The summed E-state index contributed by atoms with van der Waals surface area (Å²) < 4.78 is 38.7. The van der Waals surface area contributed by atoms with E-state index in [1.165, 1.54) is 6.08 Å². The average Bonchev–Trinajstić information content (AvgIpc) is 3.39. The average molecular weight is 436 g/mol. The van der Waals surface area contributed by atoms with Crippen molar-refractivity contribution in [3.05, 3.63) is 24.0 Å². The van der Waals surface area contributed by atoms with Gasteiger partial charge in [-0.25, -0.2) is 9.97 Å². The highest BCUT2D eigenvalue weighted by atomic mass is 19.4. The Balaban J connectivity index is 1.40. The molecule has 1 saturated carbocycles. The summed E-state index contributed by atoms with van der Waals surface area (Å²) in [5.74, 6) is -2.04. The predicted octanol–water partition coefficient (Wildman–Crippen LogP) is 2.08. The molecule has 2 aliphatic rings. The number of primary amides is 1. The second kappa shape index (κ2) is 8.20. The summed E-state index contributed by atoms with van der Waals surface area (Å²) in [7, 11) is 0. The van der Waals surface area contributed by atoms with Gasteiger partial charge in [-0.3, -0.25) is 9.59 Å². The molecule has 2 aromatic heterocycles. The van der Waals surface area contributed by atoms with Crippen LogP contribution in [0, 0.1) is 11.8 Å². The van der Waals surface area contributed by atoms with Crippen molar-refractivity contribution in [1.82, 2.24) is 19.9 Å². The lowest BCUT2D eigenvalue weighted by atomic mass is 10.0. The maximum absolute atomic E-state index is 12.9. The lowest BCUT2D eigenvalue weighted by Crippen LogP contribution is -2.50. The number of piperazine rings is 1. The summed E-state index contributed by atoms with van der Waals surface area (Å²) >= 11 is 0. The maximum Gasteiger partial charge on any atom is 0.391 e. The number of amides is 2. The van der Waals surface area contributed by atoms with Gasteiger partial charge in [-0.15, -0.1) is 0 Å². The molecule has 3 N–H and O–H groups in total. The van der Waals surface area contributed by atoms with Crippen molar-refractivity contribution in [2.45, 2.75) is 25.4 Å². The second-order valence-electron chi connectivity index (χ2n) is 7.97. The van der Waals surface area contributed by atoms with Gasteiger partial charge in [-0.2, -0.15) is 13.2 Å². The Hall–Kier alpha value is -3.11. The molecule has 31 heavy (non-hydrogen) atoms. The molecule has 2 atom stereocenters. The van der Waals surface area contributed by atoms with Crippen molar-refractivity contribution in [2.24, 2.45) is 17.6 Å². The molecule has 3 heterocycles. The number of nitrogens with zero attached hydrogens (tertiary/aromatic N) is 4. The largest absolute Gasteiger partial charge is 0.391 e. The number of alkyl halides is 3. The first-order chi connectivity index (χ1) is 14.7. The van der Waals surface area contributed by atoms with Crippen LogP contribution in [0.4, 0.5) is 19.0 Å². The van der Waals surface area contributed by atoms with Crippen molar-refractivity contribution in [3.8, 4) is 0 Å². The Kier molecular flexibility index (Phi) is 5.59. The number of hydrogen-bond acceptors (Lipinski definition) is 5. The van der Waals surface area contributed by atoms with E-state index < -0.39 is 23.9 Å². The van der Waals surface area contributed by atoms with Gasteiger partial charge in [-0.05, 0) is 25.3 Å². The molecule has 166 valence electrons. The number of aromatic amines is 1. The lowest BCUT2D eigenvalue weighted by molar-refractivity contribution is -0.173. The van der Waals surface area contributed by atoms with Crippen LogP contribution in [0.15, 0.2) is 18.5 Å². The van der Waals surface area contributed by atoms with E-state index in [0.717, 1.165) is 0 Å². The number of nitrogens with two attached hydrogens (primary N) is 1. The van der Waals surface area contributed by atoms with Crippen molar-refractivity contribution < 1.29 is 22.8 Å². The number of rotatable bonds is 4. The van der Waals surface area contributed by atoms with E-state index in [2.05, 4.69) is 15.0 Å². The highest BCUT2D eigenvalue weighted by molar-refractivity contribution is 5.93. The van der Waals surface area contributed by atoms with E-state index in [-0.39, 0.29) is 18.7 Å². The van der Waals surface area contributed by atoms with Gasteiger partial charge in [0.1, 0.15) is 11.3 Å². The van der Waals surface area contributed by atoms with Crippen molar-refractivity contribution in [3.63, 3.8) is 0 Å². The first-order valence-corrected chi connectivity index (χ1v) is 10.1. The fourth-order valence-electron chi connectivity index (χ4n) is 4.27. The van der Waals surface area contributed by atoms with Crippen LogP contribution in [0.5, 0.6) is 0 Å². The van der Waals surface area contributed by atoms with E-state index in [9.17, 15) is 22.8 Å². The first kappa shape index (κ1) is 21.1. The summed E-state index contributed by atoms with van der Waals surface area (Å²) in [5, 5.41) is 0. The molecule has 0 bridgehead atoms.